The van der Waals surface area contributed by atoms with Gasteiger partial charge < -0.3 is 4.89 Å². The molecule has 0 bridgehead atoms. The first-order chi connectivity index (χ1) is 12.3. The summed E-state index contributed by atoms with van der Waals surface area (Å²) in [6.07, 6.45) is 20.0. The molecule has 0 aliphatic rings. The second-order valence-electron chi connectivity index (χ2n) is 7.31. The summed E-state index contributed by atoms with van der Waals surface area (Å²) >= 11 is 0. The van der Waals surface area contributed by atoms with Crippen molar-refractivity contribution in [2.75, 3.05) is 0 Å². The molecule has 1 rings (SSSR count). The van der Waals surface area contributed by atoms with Gasteiger partial charge in [0.1, 0.15) is 0 Å². The van der Waals surface area contributed by atoms with Crippen molar-refractivity contribution in [1.29, 1.82) is 0 Å². The average molecular weight is 367 g/mol. The predicted octanol–water partition coefficient (Wildman–Crippen LogP) is 6.80. The van der Waals surface area contributed by atoms with E-state index in [1.165, 1.54) is 83.5 Å². The number of aryl methyl sites for hydroxylation is 1. The lowest BCUT2D eigenvalue weighted by Crippen LogP contribution is -2.04. The molecule has 1 unspecified atom stereocenters. The summed E-state index contributed by atoms with van der Waals surface area (Å²) in [5, 5.41) is 0.655. The molecule has 0 amide bonds. The van der Waals surface area contributed by atoms with Gasteiger partial charge in [-0.2, -0.15) is 0 Å². The SMILES string of the molecule is CCCCCCCCCCCCCCCCc1ccccc1[PH](=O)O. The van der Waals surface area contributed by atoms with E-state index in [0.29, 0.717) is 5.30 Å². The van der Waals surface area contributed by atoms with E-state index in [9.17, 15) is 9.46 Å². The van der Waals surface area contributed by atoms with E-state index >= 15 is 0 Å². The third-order valence-electron chi connectivity index (χ3n) is 5.05. The van der Waals surface area contributed by atoms with Crippen LogP contribution in [-0.2, 0) is 11.0 Å². The van der Waals surface area contributed by atoms with Crippen molar-refractivity contribution in [3.05, 3.63) is 29.8 Å². The lowest BCUT2D eigenvalue weighted by atomic mass is 10.0. The molecule has 0 spiro atoms. The minimum Gasteiger partial charge on any atom is -0.343 e. The number of hydrogen-bond acceptors (Lipinski definition) is 1. The quantitative estimate of drug-likeness (QED) is 0.258. The molecular formula is C22H39O2P. The van der Waals surface area contributed by atoms with E-state index in [0.717, 1.165) is 18.4 Å². The van der Waals surface area contributed by atoms with Gasteiger partial charge in [-0.1, -0.05) is 109 Å². The zero-order chi connectivity index (χ0) is 18.2. The Balaban J connectivity index is 1.90. The molecule has 0 aliphatic heterocycles. The van der Waals surface area contributed by atoms with Gasteiger partial charge in [-0.25, -0.2) is 0 Å². The van der Waals surface area contributed by atoms with Crippen molar-refractivity contribution in [1.82, 2.24) is 0 Å². The molecule has 3 heteroatoms. The molecule has 0 aromatic heterocycles. The standard InChI is InChI=1S/C22H39O2P/c1-2-3-4-5-6-7-8-9-10-11-12-13-14-15-18-21-19-16-17-20-22(21)25(23)24/h16-17,19-20,25H,2-15,18H2,1H3,(H,23,24). The second-order valence-corrected chi connectivity index (χ2v) is 8.46. The first-order valence-corrected chi connectivity index (χ1v) is 11.9. The van der Waals surface area contributed by atoms with E-state index < -0.39 is 8.03 Å². The molecule has 1 atom stereocenters. The summed E-state index contributed by atoms with van der Waals surface area (Å²) in [6, 6.07) is 7.60. The van der Waals surface area contributed by atoms with Gasteiger partial charge >= 0.3 is 0 Å². The van der Waals surface area contributed by atoms with Gasteiger partial charge in [0.05, 0.1) is 0 Å². The first kappa shape index (κ1) is 22.5. The van der Waals surface area contributed by atoms with E-state index in [1.54, 1.807) is 6.07 Å². The third kappa shape index (κ3) is 11.6. The maximum atomic E-state index is 11.4. The van der Waals surface area contributed by atoms with Gasteiger partial charge in [0.15, 0.2) is 0 Å². The fourth-order valence-corrected chi connectivity index (χ4v) is 4.18. The van der Waals surface area contributed by atoms with Crippen molar-refractivity contribution < 1.29 is 9.46 Å². The maximum Gasteiger partial charge on any atom is 0.218 e. The van der Waals surface area contributed by atoms with Crippen molar-refractivity contribution in [3.8, 4) is 0 Å². The topological polar surface area (TPSA) is 37.3 Å². The molecule has 2 nitrogen and oxygen atoms in total. The summed E-state index contributed by atoms with van der Waals surface area (Å²) < 4.78 is 11.4. The fourth-order valence-electron chi connectivity index (χ4n) is 3.46. The summed E-state index contributed by atoms with van der Waals surface area (Å²) in [4.78, 5) is 9.37. The summed E-state index contributed by atoms with van der Waals surface area (Å²) in [7, 11) is -2.56. The zero-order valence-corrected chi connectivity index (χ0v) is 17.3. The summed E-state index contributed by atoms with van der Waals surface area (Å²) in [5.41, 5.74) is 1.06. The van der Waals surface area contributed by atoms with Crippen LogP contribution in [0.1, 0.15) is 102 Å². The Hall–Kier alpha value is -0.590. The minimum atomic E-state index is -2.56. The molecule has 1 aromatic rings. The van der Waals surface area contributed by atoms with Gasteiger partial charge in [-0.15, -0.1) is 0 Å². The maximum absolute atomic E-state index is 11.4. The van der Waals surface area contributed by atoms with Crippen LogP contribution in [-0.4, -0.2) is 4.89 Å². The van der Waals surface area contributed by atoms with Crippen molar-refractivity contribution >= 4 is 13.3 Å². The first-order valence-electron chi connectivity index (χ1n) is 10.6. The highest BCUT2D eigenvalue weighted by atomic mass is 31.1. The van der Waals surface area contributed by atoms with Crippen LogP contribution in [0, 0.1) is 0 Å². The Bertz CT molecular complexity index is 459. The molecule has 0 radical (unpaired) electrons. The second kappa shape index (κ2) is 15.6. The zero-order valence-electron chi connectivity index (χ0n) is 16.3. The highest BCUT2D eigenvalue weighted by Crippen LogP contribution is 2.18. The number of unbranched alkanes of at least 4 members (excludes halogenated alkanes) is 13. The monoisotopic (exact) mass is 366 g/mol. The van der Waals surface area contributed by atoms with Gasteiger partial charge in [0.2, 0.25) is 8.03 Å². The molecule has 1 aromatic carbocycles. The highest BCUT2D eigenvalue weighted by Gasteiger charge is 2.05. The summed E-state index contributed by atoms with van der Waals surface area (Å²) in [6.45, 7) is 2.27. The van der Waals surface area contributed by atoms with E-state index in [4.69, 9.17) is 0 Å². The van der Waals surface area contributed by atoms with Crippen LogP contribution in [0.4, 0.5) is 0 Å². The van der Waals surface area contributed by atoms with Gasteiger partial charge in [-0.05, 0) is 24.5 Å². The summed E-state index contributed by atoms with van der Waals surface area (Å²) in [5.74, 6) is 0. The van der Waals surface area contributed by atoms with Crippen LogP contribution >= 0.6 is 8.03 Å². The van der Waals surface area contributed by atoms with Crippen LogP contribution in [0.3, 0.4) is 0 Å². The lowest BCUT2D eigenvalue weighted by molar-refractivity contribution is 0.513. The molecular weight excluding hydrogens is 327 g/mol. The largest absolute Gasteiger partial charge is 0.343 e. The Morgan fingerprint density at radius 1 is 0.720 bits per heavy atom. The van der Waals surface area contributed by atoms with Crippen LogP contribution < -0.4 is 5.30 Å². The Kier molecular flexibility index (Phi) is 14.1. The minimum absolute atomic E-state index is 0.655. The molecule has 0 saturated heterocycles. The van der Waals surface area contributed by atoms with Crippen molar-refractivity contribution in [2.24, 2.45) is 0 Å². The number of rotatable bonds is 16. The van der Waals surface area contributed by atoms with Crippen LogP contribution in [0.25, 0.3) is 0 Å². The van der Waals surface area contributed by atoms with Crippen LogP contribution in [0.15, 0.2) is 24.3 Å². The number of benzene rings is 1. The normalized spacial score (nSPS) is 12.4. The van der Waals surface area contributed by atoms with E-state index in [1.807, 2.05) is 18.2 Å². The van der Waals surface area contributed by atoms with Crippen molar-refractivity contribution in [2.45, 2.75) is 103 Å². The molecule has 0 heterocycles. The Morgan fingerprint density at radius 3 is 1.64 bits per heavy atom. The van der Waals surface area contributed by atoms with Crippen LogP contribution in [0.5, 0.6) is 0 Å². The lowest BCUT2D eigenvalue weighted by Gasteiger charge is -2.07. The molecule has 144 valence electrons. The average Bonchev–Trinajstić information content (AvgIpc) is 2.62. The molecule has 0 aliphatic carbocycles. The molecule has 25 heavy (non-hydrogen) atoms. The van der Waals surface area contributed by atoms with Crippen LogP contribution in [0.2, 0.25) is 0 Å². The molecule has 0 saturated carbocycles. The smallest absolute Gasteiger partial charge is 0.218 e. The molecule has 1 N–H and O–H groups in total. The van der Waals surface area contributed by atoms with Gasteiger partial charge in [-0.3, -0.25) is 4.57 Å². The molecule has 0 fully saturated rings. The Morgan fingerprint density at radius 2 is 1.16 bits per heavy atom. The van der Waals surface area contributed by atoms with E-state index in [2.05, 4.69) is 6.92 Å². The highest BCUT2D eigenvalue weighted by molar-refractivity contribution is 7.47. The van der Waals surface area contributed by atoms with Gasteiger partial charge in [0, 0.05) is 5.30 Å². The fraction of sp³-hybridized carbons (Fsp3) is 0.727. The van der Waals surface area contributed by atoms with Gasteiger partial charge in [0.25, 0.3) is 0 Å². The third-order valence-corrected chi connectivity index (χ3v) is 6.00. The predicted molar refractivity (Wildman–Crippen MR) is 111 cm³/mol. The van der Waals surface area contributed by atoms with Crippen molar-refractivity contribution in [3.63, 3.8) is 0 Å². The van der Waals surface area contributed by atoms with E-state index in [-0.39, 0.29) is 0 Å². The number of hydrogen-bond donors (Lipinski definition) is 1. The Labute approximate surface area is 156 Å².